The Hall–Kier alpha value is -1.69. The molecular weight excluding hydrogens is 278 g/mol. The highest BCUT2D eigenvalue weighted by molar-refractivity contribution is 5.12. The molecule has 2 aromatic rings. The fourth-order valence-electron chi connectivity index (χ4n) is 3.35. The summed E-state index contributed by atoms with van der Waals surface area (Å²) >= 11 is 0. The van der Waals surface area contributed by atoms with Crippen LogP contribution in [0.5, 0.6) is 0 Å². The summed E-state index contributed by atoms with van der Waals surface area (Å²) in [5, 5.41) is 8.42. The van der Waals surface area contributed by atoms with E-state index in [0.717, 1.165) is 24.8 Å². The second-order valence-corrected chi connectivity index (χ2v) is 6.70. The molecule has 118 valence electrons. The Kier molecular flexibility index (Phi) is 3.48. The molecule has 0 radical (unpaired) electrons. The van der Waals surface area contributed by atoms with E-state index in [9.17, 15) is 0 Å². The molecule has 6 heteroatoms. The molecule has 1 saturated heterocycles. The number of rotatable bonds is 4. The average molecular weight is 301 g/mol. The molecule has 0 unspecified atom stereocenters. The van der Waals surface area contributed by atoms with Crippen molar-refractivity contribution in [3.8, 4) is 0 Å². The molecule has 0 amide bonds. The van der Waals surface area contributed by atoms with Crippen LogP contribution in [0, 0.1) is 0 Å². The summed E-state index contributed by atoms with van der Waals surface area (Å²) in [6.45, 7) is 4.32. The smallest absolute Gasteiger partial charge is 0.243 e. The van der Waals surface area contributed by atoms with E-state index in [4.69, 9.17) is 4.52 Å². The highest BCUT2D eigenvalue weighted by Crippen LogP contribution is 2.39. The van der Waals surface area contributed by atoms with Crippen LogP contribution < -0.4 is 0 Å². The third-order valence-electron chi connectivity index (χ3n) is 5.03. The summed E-state index contributed by atoms with van der Waals surface area (Å²) in [7, 11) is 1.98. The number of hydrogen-bond acceptors (Lipinski definition) is 5. The van der Waals surface area contributed by atoms with Crippen LogP contribution in [0.3, 0.4) is 0 Å². The Morgan fingerprint density at radius 2 is 1.95 bits per heavy atom. The van der Waals surface area contributed by atoms with Gasteiger partial charge in [-0.3, -0.25) is 9.58 Å². The minimum absolute atomic E-state index is 0.217. The lowest BCUT2D eigenvalue weighted by molar-refractivity contribution is 0.136. The minimum atomic E-state index is 0.217. The maximum Gasteiger partial charge on any atom is 0.243 e. The van der Waals surface area contributed by atoms with Gasteiger partial charge in [0.1, 0.15) is 0 Å². The van der Waals surface area contributed by atoms with E-state index < -0.39 is 0 Å². The number of likely N-dealkylation sites (tertiary alicyclic amines) is 1. The van der Waals surface area contributed by atoms with Gasteiger partial charge in [-0.2, -0.15) is 10.1 Å². The molecule has 6 nitrogen and oxygen atoms in total. The molecule has 3 heterocycles. The zero-order valence-corrected chi connectivity index (χ0v) is 13.3. The predicted octanol–water partition coefficient (Wildman–Crippen LogP) is 2.62. The van der Waals surface area contributed by atoms with Gasteiger partial charge in [-0.05, 0) is 57.2 Å². The molecular formula is C16H23N5O. The van der Waals surface area contributed by atoms with Gasteiger partial charge in [0.05, 0.1) is 12.2 Å². The fourth-order valence-corrected chi connectivity index (χ4v) is 3.35. The van der Waals surface area contributed by atoms with Crippen LogP contribution in [0.15, 0.2) is 16.9 Å². The molecule has 0 bridgehead atoms. The molecule has 0 N–H and O–H groups in total. The van der Waals surface area contributed by atoms with Gasteiger partial charge in [0, 0.05) is 19.2 Å². The van der Waals surface area contributed by atoms with Crippen molar-refractivity contribution in [2.75, 3.05) is 13.1 Å². The Balaban J connectivity index is 1.37. The monoisotopic (exact) mass is 301 g/mol. The predicted molar refractivity (Wildman–Crippen MR) is 81.4 cm³/mol. The van der Waals surface area contributed by atoms with Crippen molar-refractivity contribution >= 4 is 0 Å². The first-order chi connectivity index (χ1) is 10.7. The molecule has 2 aliphatic rings. The van der Waals surface area contributed by atoms with E-state index >= 15 is 0 Å². The van der Waals surface area contributed by atoms with Crippen LogP contribution in [0.25, 0.3) is 0 Å². The molecule has 2 fully saturated rings. The van der Waals surface area contributed by atoms with E-state index in [0.29, 0.717) is 11.8 Å². The van der Waals surface area contributed by atoms with Crippen LogP contribution in [-0.2, 0) is 7.05 Å². The van der Waals surface area contributed by atoms with Gasteiger partial charge < -0.3 is 4.52 Å². The number of aryl methyl sites for hydroxylation is 1. The van der Waals surface area contributed by atoms with Gasteiger partial charge in [-0.1, -0.05) is 5.16 Å². The average Bonchev–Trinajstić information content (AvgIpc) is 3.11. The van der Waals surface area contributed by atoms with Crippen molar-refractivity contribution in [3.05, 3.63) is 29.7 Å². The molecule has 2 aromatic heterocycles. The highest BCUT2D eigenvalue weighted by Gasteiger charge is 2.32. The number of nitrogens with zero attached hydrogens (tertiary/aromatic N) is 5. The number of hydrogen-bond donors (Lipinski definition) is 0. The van der Waals surface area contributed by atoms with Crippen molar-refractivity contribution in [2.45, 2.75) is 50.5 Å². The van der Waals surface area contributed by atoms with Gasteiger partial charge in [0.15, 0.2) is 5.82 Å². The Labute approximate surface area is 130 Å². The fraction of sp³-hybridized carbons (Fsp3) is 0.688. The van der Waals surface area contributed by atoms with Crippen LogP contribution in [-0.4, -0.2) is 37.9 Å². The van der Waals surface area contributed by atoms with Crippen molar-refractivity contribution in [1.29, 1.82) is 0 Å². The third-order valence-corrected chi connectivity index (χ3v) is 5.03. The summed E-state index contributed by atoms with van der Waals surface area (Å²) < 4.78 is 7.37. The van der Waals surface area contributed by atoms with Crippen molar-refractivity contribution in [1.82, 2.24) is 24.8 Å². The summed E-state index contributed by atoms with van der Waals surface area (Å²) in [4.78, 5) is 7.05. The van der Waals surface area contributed by atoms with Gasteiger partial charge in [0.25, 0.3) is 0 Å². The Morgan fingerprint density at radius 3 is 2.59 bits per heavy atom. The normalized spacial score (nSPS) is 22.1. The van der Waals surface area contributed by atoms with Crippen molar-refractivity contribution in [2.24, 2.45) is 7.05 Å². The molecule has 1 saturated carbocycles. The zero-order valence-electron chi connectivity index (χ0n) is 13.3. The first-order valence-electron chi connectivity index (χ1n) is 8.27. The van der Waals surface area contributed by atoms with E-state index in [-0.39, 0.29) is 6.04 Å². The Morgan fingerprint density at radius 1 is 1.18 bits per heavy atom. The molecule has 0 aromatic carbocycles. The molecule has 1 aliphatic heterocycles. The second-order valence-electron chi connectivity index (χ2n) is 6.70. The first-order valence-corrected chi connectivity index (χ1v) is 8.27. The highest BCUT2D eigenvalue weighted by atomic mass is 16.5. The SMILES string of the molecule is C[C@H](c1nc(C2CC2)no1)N1CCC(c2cnn(C)c2)CC1. The molecule has 1 aliphatic carbocycles. The number of aromatic nitrogens is 4. The maximum atomic E-state index is 5.48. The standard InChI is InChI=1S/C16H23N5O/c1-11(16-18-15(19-22-16)13-3-4-13)21-7-5-12(6-8-21)14-9-17-20(2)10-14/h9-13H,3-8H2,1-2H3/t11-/m1/s1. The van der Waals surface area contributed by atoms with Crippen LogP contribution >= 0.6 is 0 Å². The second kappa shape index (κ2) is 5.50. The minimum Gasteiger partial charge on any atom is -0.338 e. The largest absolute Gasteiger partial charge is 0.338 e. The molecule has 1 atom stereocenters. The summed E-state index contributed by atoms with van der Waals surface area (Å²) in [6.07, 6.45) is 8.90. The Bertz CT molecular complexity index is 637. The van der Waals surface area contributed by atoms with Crippen LogP contribution in [0.1, 0.15) is 67.8 Å². The van der Waals surface area contributed by atoms with Gasteiger partial charge >= 0.3 is 0 Å². The summed E-state index contributed by atoms with van der Waals surface area (Å²) in [6, 6.07) is 0.217. The quantitative estimate of drug-likeness (QED) is 0.869. The molecule has 22 heavy (non-hydrogen) atoms. The van der Waals surface area contributed by atoms with E-state index in [2.05, 4.69) is 33.3 Å². The van der Waals surface area contributed by atoms with E-state index in [1.54, 1.807) is 0 Å². The van der Waals surface area contributed by atoms with E-state index in [1.807, 2.05) is 17.9 Å². The number of piperidine rings is 1. The summed E-state index contributed by atoms with van der Waals surface area (Å²) in [5.41, 5.74) is 1.36. The van der Waals surface area contributed by atoms with Gasteiger partial charge in [-0.25, -0.2) is 0 Å². The van der Waals surface area contributed by atoms with Gasteiger partial charge in [0.2, 0.25) is 5.89 Å². The first kappa shape index (κ1) is 13.9. The van der Waals surface area contributed by atoms with Crippen LogP contribution in [0.4, 0.5) is 0 Å². The molecule has 0 spiro atoms. The third kappa shape index (κ3) is 2.67. The van der Waals surface area contributed by atoms with Crippen molar-refractivity contribution in [3.63, 3.8) is 0 Å². The van der Waals surface area contributed by atoms with Crippen LogP contribution in [0.2, 0.25) is 0 Å². The lowest BCUT2D eigenvalue weighted by Crippen LogP contribution is -2.35. The van der Waals surface area contributed by atoms with E-state index in [1.165, 1.54) is 31.2 Å². The lowest BCUT2D eigenvalue weighted by Gasteiger charge is -2.34. The lowest BCUT2D eigenvalue weighted by atomic mass is 9.91. The van der Waals surface area contributed by atoms with Gasteiger partial charge in [-0.15, -0.1) is 0 Å². The maximum absolute atomic E-state index is 5.48. The summed E-state index contributed by atoms with van der Waals surface area (Å²) in [5.74, 6) is 2.87. The van der Waals surface area contributed by atoms with Crippen molar-refractivity contribution < 1.29 is 4.52 Å². The molecule has 4 rings (SSSR count). The topological polar surface area (TPSA) is 60.0 Å². The zero-order chi connectivity index (χ0) is 15.1.